The first kappa shape index (κ1) is 13.5. The third kappa shape index (κ3) is 3.29. The van der Waals surface area contributed by atoms with Gasteiger partial charge in [-0.2, -0.15) is 0 Å². The molecule has 0 atom stereocenters. The fourth-order valence-corrected chi connectivity index (χ4v) is 2.07. The second-order valence-corrected chi connectivity index (χ2v) is 4.94. The second-order valence-electron chi connectivity index (χ2n) is 4.08. The summed E-state index contributed by atoms with van der Waals surface area (Å²) < 4.78 is 0.956. The van der Waals surface area contributed by atoms with E-state index >= 15 is 0 Å². The number of nitro groups is 1. The average molecular weight is 322 g/mol. The molecule has 0 fully saturated rings. The van der Waals surface area contributed by atoms with Crippen molar-refractivity contribution in [3.05, 3.63) is 62.2 Å². The van der Waals surface area contributed by atoms with Gasteiger partial charge in [-0.05, 0) is 24.1 Å². The van der Waals surface area contributed by atoms with Crippen molar-refractivity contribution in [3.63, 3.8) is 0 Å². The van der Waals surface area contributed by atoms with Crippen molar-refractivity contribution < 1.29 is 4.92 Å². The van der Waals surface area contributed by atoms with E-state index in [1.165, 1.54) is 6.07 Å². The third-order valence-corrected chi connectivity index (χ3v) is 3.38. The van der Waals surface area contributed by atoms with Crippen molar-refractivity contribution in [1.29, 1.82) is 0 Å². The zero-order valence-electron chi connectivity index (χ0n) is 10.3. The Labute approximate surface area is 119 Å². The first-order valence-electron chi connectivity index (χ1n) is 5.66. The highest BCUT2D eigenvalue weighted by Gasteiger charge is 2.15. The number of benzene rings is 1. The molecule has 0 aliphatic rings. The molecule has 5 nitrogen and oxygen atoms in total. The van der Waals surface area contributed by atoms with E-state index in [2.05, 4.69) is 26.2 Å². The van der Waals surface area contributed by atoms with Gasteiger partial charge in [0.1, 0.15) is 0 Å². The van der Waals surface area contributed by atoms with Crippen LogP contribution < -0.4 is 5.32 Å². The summed E-state index contributed by atoms with van der Waals surface area (Å²) in [6.45, 7) is 2.25. The third-order valence-electron chi connectivity index (χ3n) is 2.61. The molecule has 19 heavy (non-hydrogen) atoms. The Morgan fingerprint density at radius 1 is 1.42 bits per heavy atom. The lowest BCUT2D eigenvalue weighted by Gasteiger charge is -2.08. The number of hydrogen-bond donors (Lipinski definition) is 1. The van der Waals surface area contributed by atoms with Gasteiger partial charge in [-0.15, -0.1) is 0 Å². The van der Waals surface area contributed by atoms with Crippen molar-refractivity contribution in [2.24, 2.45) is 0 Å². The fourth-order valence-electron chi connectivity index (χ4n) is 1.65. The summed E-state index contributed by atoms with van der Waals surface area (Å²) in [7, 11) is 0. The molecule has 2 aromatic rings. The summed E-state index contributed by atoms with van der Waals surface area (Å²) in [5, 5.41) is 14.0. The Morgan fingerprint density at radius 2 is 2.16 bits per heavy atom. The van der Waals surface area contributed by atoms with Crippen molar-refractivity contribution in [2.45, 2.75) is 13.5 Å². The molecule has 0 aliphatic carbocycles. The van der Waals surface area contributed by atoms with Crippen LogP contribution in [0, 0.1) is 17.0 Å². The number of aryl methyl sites for hydroxylation is 1. The van der Waals surface area contributed by atoms with Gasteiger partial charge in [-0.3, -0.25) is 10.1 Å². The van der Waals surface area contributed by atoms with Crippen molar-refractivity contribution in [3.8, 4) is 0 Å². The van der Waals surface area contributed by atoms with Gasteiger partial charge in [-0.1, -0.05) is 34.1 Å². The topological polar surface area (TPSA) is 68.1 Å². The minimum atomic E-state index is -0.428. The van der Waals surface area contributed by atoms with Gasteiger partial charge in [0.25, 0.3) is 0 Å². The van der Waals surface area contributed by atoms with E-state index in [1.54, 1.807) is 13.1 Å². The van der Waals surface area contributed by atoms with E-state index < -0.39 is 4.92 Å². The van der Waals surface area contributed by atoms with Crippen molar-refractivity contribution >= 4 is 27.4 Å². The predicted molar refractivity (Wildman–Crippen MR) is 77.1 cm³/mol. The van der Waals surface area contributed by atoms with E-state index in [0.717, 1.165) is 15.6 Å². The Kier molecular flexibility index (Phi) is 4.11. The molecule has 0 saturated heterocycles. The molecule has 0 unspecified atom stereocenters. The minimum absolute atomic E-state index is 0.00736. The number of anilines is 1. The lowest BCUT2D eigenvalue weighted by molar-refractivity contribution is -0.384. The number of rotatable bonds is 4. The highest BCUT2D eigenvalue weighted by atomic mass is 79.9. The molecule has 1 heterocycles. The van der Waals surface area contributed by atoms with Crippen LogP contribution in [0.3, 0.4) is 0 Å². The van der Waals surface area contributed by atoms with Crippen LogP contribution in [0.4, 0.5) is 11.5 Å². The van der Waals surface area contributed by atoms with Gasteiger partial charge in [0.05, 0.1) is 4.92 Å². The maximum atomic E-state index is 11.0. The lowest BCUT2D eigenvalue weighted by atomic mass is 10.2. The Balaban J connectivity index is 2.20. The van der Waals surface area contributed by atoms with Crippen molar-refractivity contribution in [2.75, 3.05) is 5.32 Å². The van der Waals surface area contributed by atoms with E-state index in [0.29, 0.717) is 6.54 Å². The van der Waals surface area contributed by atoms with Crippen LogP contribution in [0.5, 0.6) is 0 Å². The molecule has 1 aromatic heterocycles. The molecule has 2 rings (SSSR count). The molecular weight excluding hydrogens is 310 g/mol. The first-order valence-corrected chi connectivity index (χ1v) is 6.45. The second kappa shape index (κ2) is 5.79. The quantitative estimate of drug-likeness (QED) is 0.689. The molecule has 98 valence electrons. The van der Waals surface area contributed by atoms with E-state index in [-0.39, 0.29) is 11.5 Å². The Bertz CT molecular complexity index is 617. The molecule has 6 heteroatoms. The summed E-state index contributed by atoms with van der Waals surface area (Å²) in [6.07, 6.45) is 1.61. The number of nitrogens with zero attached hydrogens (tertiary/aromatic N) is 2. The minimum Gasteiger partial charge on any atom is -0.360 e. The summed E-state index contributed by atoms with van der Waals surface area (Å²) in [6, 6.07) is 9.21. The van der Waals surface area contributed by atoms with Crippen LogP contribution in [0.2, 0.25) is 0 Å². The maximum Gasteiger partial charge on any atom is 0.311 e. The van der Waals surface area contributed by atoms with E-state index in [9.17, 15) is 10.1 Å². The van der Waals surface area contributed by atoms with Gasteiger partial charge in [0.2, 0.25) is 5.82 Å². The molecule has 0 aliphatic heterocycles. The van der Waals surface area contributed by atoms with Gasteiger partial charge in [0.15, 0.2) is 0 Å². The summed E-state index contributed by atoms with van der Waals surface area (Å²) in [5.74, 6) is 0.284. The summed E-state index contributed by atoms with van der Waals surface area (Å²) >= 11 is 3.43. The van der Waals surface area contributed by atoms with E-state index in [4.69, 9.17) is 0 Å². The van der Waals surface area contributed by atoms with Crippen LogP contribution in [-0.2, 0) is 6.54 Å². The van der Waals surface area contributed by atoms with Crippen LogP contribution in [0.25, 0.3) is 0 Å². The van der Waals surface area contributed by atoms with Crippen LogP contribution in [-0.4, -0.2) is 9.91 Å². The number of halogens is 1. The molecule has 0 saturated carbocycles. The largest absolute Gasteiger partial charge is 0.360 e. The van der Waals surface area contributed by atoms with Crippen LogP contribution in [0.15, 0.2) is 41.0 Å². The van der Waals surface area contributed by atoms with E-state index in [1.807, 2.05) is 24.3 Å². The number of hydrogen-bond acceptors (Lipinski definition) is 4. The SMILES string of the molecule is Cc1cnc(NCc2ccccc2Br)c([N+](=O)[O-])c1. The van der Waals surface area contributed by atoms with Gasteiger partial charge in [-0.25, -0.2) is 4.98 Å². The molecule has 1 N–H and O–H groups in total. The normalized spacial score (nSPS) is 10.2. The Morgan fingerprint density at radius 3 is 2.84 bits per heavy atom. The molecule has 0 spiro atoms. The monoisotopic (exact) mass is 321 g/mol. The zero-order chi connectivity index (χ0) is 13.8. The smallest absolute Gasteiger partial charge is 0.311 e. The number of nitrogens with one attached hydrogen (secondary N) is 1. The highest BCUT2D eigenvalue weighted by molar-refractivity contribution is 9.10. The van der Waals surface area contributed by atoms with Crippen LogP contribution >= 0.6 is 15.9 Å². The highest BCUT2D eigenvalue weighted by Crippen LogP contribution is 2.24. The molecule has 0 amide bonds. The van der Waals surface area contributed by atoms with Gasteiger partial charge >= 0.3 is 5.69 Å². The molecule has 0 radical (unpaired) electrons. The number of aromatic nitrogens is 1. The lowest BCUT2D eigenvalue weighted by Crippen LogP contribution is -2.05. The standard InChI is InChI=1S/C13H12BrN3O2/c1-9-6-12(17(18)19)13(15-7-9)16-8-10-4-2-3-5-11(10)14/h2-7H,8H2,1H3,(H,15,16). The number of pyridine rings is 1. The molecule has 1 aromatic carbocycles. The first-order chi connectivity index (χ1) is 9.08. The maximum absolute atomic E-state index is 11.0. The van der Waals surface area contributed by atoms with Crippen molar-refractivity contribution in [1.82, 2.24) is 4.98 Å². The van der Waals surface area contributed by atoms with Gasteiger partial charge in [0, 0.05) is 23.3 Å². The fraction of sp³-hybridized carbons (Fsp3) is 0.154. The van der Waals surface area contributed by atoms with Crippen LogP contribution in [0.1, 0.15) is 11.1 Å². The molecular formula is C13H12BrN3O2. The zero-order valence-corrected chi connectivity index (χ0v) is 11.8. The predicted octanol–water partition coefficient (Wildman–Crippen LogP) is 3.67. The average Bonchev–Trinajstić information content (AvgIpc) is 2.38. The molecule has 0 bridgehead atoms. The summed E-state index contributed by atoms with van der Waals surface area (Å²) in [4.78, 5) is 14.6. The van der Waals surface area contributed by atoms with Gasteiger partial charge < -0.3 is 5.32 Å². The summed E-state index contributed by atoms with van der Waals surface area (Å²) in [5.41, 5.74) is 1.77. The Hall–Kier alpha value is -1.95.